The number of nitrogen functional groups attached to an aromatic ring is 1. The Balaban J connectivity index is 1.93. The van der Waals surface area contributed by atoms with Crippen LogP contribution in [0, 0.1) is 0 Å². The van der Waals surface area contributed by atoms with Crippen LogP contribution in [0.2, 0.25) is 0 Å². The van der Waals surface area contributed by atoms with Crippen LogP contribution in [0.3, 0.4) is 0 Å². The van der Waals surface area contributed by atoms with Crippen molar-refractivity contribution < 1.29 is 17.9 Å². The Morgan fingerprint density at radius 2 is 1.24 bits per heavy atom. The molecule has 0 bridgehead atoms. The predicted molar refractivity (Wildman–Crippen MR) is 109 cm³/mol. The number of nitrogens with two attached hydrogens (primary N) is 1. The summed E-state index contributed by atoms with van der Waals surface area (Å²) in [6.07, 6.45) is 2.43. The number of rotatable bonds is 8. The van der Waals surface area contributed by atoms with Crippen LogP contribution in [-0.4, -0.2) is 36.9 Å². The van der Waals surface area contributed by atoms with Crippen LogP contribution in [0.4, 0.5) is 5.95 Å². The van der Waals surface area contributed by atoms with Crippen molar-refractivity contribution in [1.82, 2.24) is 14.3 Å². The van der Waals surface area contributed by atoms with E-state index in [0.29, 0.717) is 11.5 Å². The van der Waals surface area contributed by atoms with Crippen molar-refractivity contribution in [2.45, 2.75) is 18.0 Å². The minimum Gasteiger partial charge on any atom is -0.497 e. The molecule has 1 aromatic heterocycles. The average molecular weight is 414 g/mol. The number of sulfonamides is 1. The smallest absolute Gasteiger partial charge is 0.246 e. The summed E-state index contributed by atoms with van der Waals surface area (Å²) in [6.45, 7) is 0.339. The van der Waals surface area contributed by atoms with Gasteiger partial charge in [-0.1, -0.05) is 24.3 Å². The molecule has 29 heavy (non-hydrogen) atoms. The summed E-state index contributed by atoms with van der Waals surface area (Å²) in [5, 5.41) is 0. The first-order chi connectivity index (χ1) is 13.9. The molecule has 8 nitrogen and oxygen atoms in total. The number of nitrogens with zero attached hydrogens (tertiary/aromatic N) is 3. The molecular formula is C20H22N4O4S. The summed E-state index contributed by atoms with van der Waals surface area (Å²) in [6, 6.07) is 14.5. The molecular weight excluding hydrogens is 392 g/mol. The zero-order valence-electron chi connectivity index (χ0n) is 16.1. The van der Waals surface area contributed by atoms with E-state index < -0.39 is 10.0 Å². The third kappa shape index (κ3) is 5.01. The highest BCUT2D eigenvalue weighted by molar-refractivity contribution is 7.89. The predicted octanol–water partition coefficient (Wildman–Crippen LogP) is 2.47. The highest BCUT2D eigenvalue weighted by atomic mass is 32.2. The van der Waals surface area contributed by atoms with Gasteiger partial charge in [0.05, 0.1) is 26.6 Å². The van der Waals surface area contributed by atoms with Crippen LogP contribution in [-0.2, 0) is 23.1 Å². The Kier molecular flexibility index (Phi) is 6.30. The first-order valence-electron chi connectivity index (χ1n) is 8.76. The molecule has 9 heteroatoms. The molecule has 3 rings (SSSR count). The molecule has 0 saturated heterocycles. The summed E-state index contributed by atoms with van der Waals surface area (Å²) in [5.74, 6) is 1.41. The summed E-state index contributed by atoms with van der Waals surface area (Å²) >= 11 is 0. The van der Waals surface area contributed by atoms with E-state index in [4.69, 9.17) is 15.2 Å². The van der Waals surface area contributed by atoms with E-state index >= 15 is 0 Å². The maximum absolute atomic E-state index is 13.3. The lowest BCUT2D eigenvalue weighted by molar-refractivity contribution is 0.397. The van der Waals surface area contributed by atoms with Crippen molar-refractivity contribution in [2.75, 3.05) is 20.0 Å². The van der Waals surface area contributed by atoms with Gasteiger partial charge in [-0.25, -0.2) is 18.4 Å². The van der Waals surface area contributed by atoms with E-state index in [1.807, 2.05) is 24.3 Å². The number of aromatic nitrogens is 2. The third-order valence-electron chi connectivity index (χ3n) is 4.32. The highest BCUT2D eigenvalue weighted by Gasteiger charge is 2.26. The number of hydrogen-bond acceptors (Lipinski definition) is 7. The minimum absolute atomic E-state index is 0.0146. The Hall–Kier alpha value is -3.17. The van der Waals surface area contributed by atoms with Gasteiger partial charge in [-0.3, -0.25) is 0 Å². The van der Waals surface area contributed by atoms with Crippen LogP contribution >= 0.6 is 0 Å². The SMILES string of the molecule is COc1ccc(CN(Cc2ccc(OC)cc2)S(=O)(=O)c2cnc(N)nc2)cc1. The number of hydrogen-bond donors (Lipinski definition) is 1. The second-order valence-electron chi connectivity index (χ2n) is 6.25. The molecule has 1 heterocycles. The zero-order chi connectivity index (χ0) is 20.9. The van der Waals surface area contributed by atoms with E-state index in [0.717, 1.165) is 11.1 Å². The van der Waals surface area contributed by atoms with Crippen LogP contribution in [0.5, 0.6) is 11.5 Å². The lowest BCUT2D eigenvalue weighted by Gasteiger charge is -2.22. The van der Waals surface area contributed by atoms with Crippen molar-refractivity contribution in [2.24, 2.45) is 0 Å². The summed E-state index contributed by atoms with van der Waals surface area (Å²) in [5.41, 5.74) is 7.13. The van der Waals surface area contributed by atoms with E-state index in [9.17, 15) is 8.42 Å². The zero-order valence-corrected chi connectivity index (χ0v) is 17.0. The quantitative estimate of drug-likeness (QED) is 0.603. The maximum atomic E-state index is 13.3. The Morgan fingerprint density at radius 3 is 1.62 bits per heavy atom. The van der Waals surface area contributed by atoms with E-state index in [-0.39, 0.29) is 23.9 Å². The van der Waals surface area contributed by atoms with Crippen molar-refractivity contribution in [3.05, 3.63) is 72.1 Å². The molecule has 0 atom stereocenters. The van der Waals surface area contributed by atoms with Gasteiger partial charge in [0.25, 0.3) is 0 Å². The lowest BCUT2D eigenvalue weighted by atomic mass is 10.2. The normalized spacial score (nSPS) is 11.4. The maximum Gasteiger partial charge on any atom is 0.246 e. The molecule has 3 aromatic rings. The first-order valence-corrected chi connectivity index (χ1v) is 10.2. The van der Waals surface area contributed by atoms with Crippen molar-refractivity contribution in [3.63, 3.8) is 0 Å². The molecule has 0 aliphatic rings. The van der Waals surface area contributed by atoms with Gasteiger partial charge in [0.2, 0.25) is 16.0 Å². The molecule has 0 aliphatic carbocycles. The minimum atomic E-state index is -3.86. The van der Waals surface area contributed by atoms with Crippen LogP contribution < -0.4 is 15.2 Å². The highest BCUT2D eigenvalue weighted by Crippen LogP contribution is 2.22. The van der Waals surface area contributed by atoms with E-state index in [2.05, 4.69) is 9.97 Å². The van der Waals surface area contributed by atoms with Crippen molar-refractivity contribution >= 4 is 16.0 Å². The van der Waals surface area contributed by atoms with Crippen LogP contribution in [0.25, 0.3) is 0 Å². The second kappa shape index (κ2) is 8.89. The van der Waals surface area contributed by atoms with Crippen molar-refractivity contribution in [1.29, 1.82) is 0 Å². The molecule has 0 unspecified atom stereocenters. The largest absolute Gasteiger partial charge is 0.497 e. The number of methoxy groups -OCH3 is 2. The summed E-state index contributed by atoms with van der Waals surface area (Å²) < 4.78 is 38.2. The molecule has 2 aromatic carbocycles. The molecule has 0 fully saturated rings. The third-order valence-corrected chi connectivity index (χ3v) is 6.07. The Morgan fingerprint density at radius 1 is 0.828 bits per heavy atom. The fourth-order valence-electron chi connectivity index (χ4n) is 2.70. The topological polar surface area (TPSA) is 108 Å². The molecule has 0 spiro atoms. The van der Waals surface area contributed by atoms with Gasteiger partial charge in [-0.05, 0) is 35.4 Å². The average Bonchev–Trinajstić information content (AvgIpc) is 2.74. The second-order valence-corrected chi connectivity index (χ2v) is 8.18. The summed E-state index contributed by atoms with van der Waals surface area (Å²) in [4.78, 5) is 7.61. The standard InChI is InChI=1S/C20H22N4O4S/c1-27-17-7-3-15(4-8-17)13-24(14-16-5-9-18(28-2)10-6-16)29(25,26)19-11-22-20(21)23-12-19/h3-12H,13-14H2,1-2H3,(H2,21,22,23). The molecule has 152 valence electrons. The van der Waals surface area contributed by atoms with Gasteiger partial charge in [-0.2, -0.15) is 4.31 Å². The fourth-order valence-corrected chi connectivity index (χ4v) is 4.01. The molecule has 0 radical (unpaired) electrons. The summed E-state index contributed by atoms with van der Waals surface area (Å²) in [7, 11) is -0.695. The van der Waals surface area contributed by atoms with Crippen LogP contribution in [0.15, 0.2) is 65.8 Å². The molecule has 2 N–H and O–H groups in total. The molecule has 0 amide bonds. The number of anilines is 1. The van der Waals surface area contributed by atoms with Gasteiger partial charge in [-0.15, -0.1) is 0 Å². The Labute approximate surface area is 170 Å². The van der Waals surface area contributed by atoms with Gasteiger partial charge >= 0.3 is 0 Å². The monoisotopic (exact) mass is 414 g/mol. The van der Waals surface area contributed by atoms with E-state index in [1.165, 1.54) is 16.7 Å². The number of ether oxygens (including phenoxy) is 2. The number of benzene rings is 2. The molecule has 0 aliphatic heterocycles. The Bertz CT molecular complexity index is 988. The fraction of sp³-hybridized carbons (Fsp3) is 0.200. The van der Waals surface area contributed by atoms with Gasteiger partial charge in [0.15, 0.2) is 0 Å². The van der Waals surface area contributed by atoms with Gasteiger partial charge in [0, 0.05) is 13.1 Å². The van der Waals surface area contributed by atoms with Crippen LogP contribution in [0.1, 0.15) is 11.1 Å². The molecule has 0 saturated carbocycles. The van der Waals surface area contributed by atoms with E-state index in [1.54, 1.807) is 38.5 Å². The van der Waals surface area contributed by atoms with Gasteiger partial charge in [0.1, 0.15) is 16.4 Å². The lowest BCUT2D eigenvalue weighted by Crippen LogP contribution is -2.30. The van der Waals surface area contributed by atoms with Crippen molar-refractivity contribution in [3.8, 4) is 11.5 Å². The first kappa shape index (κ1) is 20.6. The van der Waals surface area contributed by atoms with Gasteiger partial charge < -0.3 is 15.2 Å².